The van der Waals surface area contributed by atoms with E-state index in [0.717, 1.165) is 19.4 Å². The Morgan fingerprint density at radius 3 is 3.00 bits per heavy atom. The second-order valence-corrected chi connectivity index (χ2v) is 5.51. The van der Waals surface area contributed by atoms with Crippen molar-refractivity contribution in [3.63, 3.8) is 0 Å². The molecule has 4 heteroatoms. The molecule has 0 amide bonds. The van der Waals surface area contributed by atoms with Crippen molar-refractivity contribution in [1.82, 2.24) is 9.88 Å². The summed E-state index contributed by atoms with van der Waals surface area (Å²) in [5.41, 5.74) is 0.608. The average molecular weight is 278 g/mol. The van der Waals surface area contributed by atoms with E-state index in [2.05, 4.69) is 33.8 Å². The van der Waals surface area contributed by atoms with E-state index in [1.807, 2.05) is 12.1 Å². The fourth-order valence-electron chi connectivity index (χ4n) is 2.02. The van der Waals surface area contributed by atoms with Crippen LogP contribution in [-0.2, 0) is 0 Å². The van der Waals surface area contributed by atoms with Gasteiger partial charge in [0.1, 0.15) is 0 Å². The van der Waals surface area contributed by atoms with Crippen molar-refractivity contribution in [3.05, 3.63) is 30.1 Å². The molecule has 1 aromatic heterocycles. The van der Waals surface area contributed by atoms with E-state index in [-0.39, 0.29) is 11.7 Å². The Hall–Kier alpha value is -0.662. The molecule has 0 bridgehead atoms. The number of pyridine rings is 1. The Balaban J connectivity index is 2.06. The second kappa shape index (κ2) is 5.11. The van der Waals surface area contributed by atoms with Gasteiger partial charge in [-0.25, -0.2) is 0 Å². The van der Waals surface area contributed by atoms with Gasteiger partial charge in [0.05, 0.1) is 0 Å². The van der Waals surface area contributed by atoms with Gasteiger partial charge in [-0.1, -0.05) is 0 Å². The van der Waals surface area contributed by atoms with Crippen LogP contribution in [0.15, 0.2) is 24.4 Å². The van der Waals surface area contributed by atoms with E-state index in [9.17, 15) is 4.79 Å². The summed E-state index contributed by atoms with van der Waals surface area (Å²) < 4.78 is 0. The predicted octanol–water partition coefficient (Wildman–Crippen LogP) is 1.10. The average Bonchev–Trinajstić information content (AvgIpc) is 2.33. The van der Waals surface area contributed by atoms with Gasteiger partial charge in [0.2, 0.25) is 0 Å². The molecular formula is C12H15AsN2O. The van der Waals surface area contributed by atoms with Gasteiger partial charge in [0.15, 0.2) is 0 Å². The standard InChI is InChI=1S/C12H15AsN2O/c1-15-7-5-9(8-11(15)13)12(16)10-4-2-3-6-14-10/h2-4,6,9,11H,5,7-8H2,1H3. The maximum absolute atomic E-state index is 12.2. The quantitative estimate of drug-likeness (QED) is 0.600. The molecule has 0 spiro atoms. The Morgan fingerprint density at radius 1 is 1.56 bits per heavy atom. The molecule has 0 aromatic carbocycles. The van der Waals surface area contributed by atoms with Crippen LogP contribution in [0.25, 0.3) is 0 Å². The molecule has 2 atom stereocenters. The molecule has 0 N–H and O–H groups in total. The number of Topliss-reactive ketones (excluding diaryl/α,β-unsaturated/α-hetero) is 1. The molecule has 1 aliphatic heterocycles. The summed E-state index contributed by atoms with van der Waals surface area (Å²) in [6.07, 6.45) is 3.55. The van der Waals surface area contributed by atoms with Crippen LogP contribution in [0.2, 0.25) is 0 Å². The summed E-state index contributed by atoms with van der Waals surface area (Å²) in [6.45, 7) is 0.989. The third kappa shape index (κ3) is 2.53. The van der Waals surface area contributed by atoms with Crippen molar-refractivity contribution in [3.8, 4) is 0 Å². The number of carbonyl (C=O) groups is 1. The van der Waals surface area contributed by atoms with Crippen molar-refractivity contribution in [2.75, 3.05) is 13.6 Å². The van der Waals surface area contributed by atoms with Gasteiger partial charge in [-0.05, 0) is 0 Å². The van der Waals surface area contributed by atoms with Crippen LogP contribution in [0, 0.1) is 5.92 Å². The van der Waals surface area contributed by atoms with Gasteiger partial charge in [-0.15, -0.1) is 0 Å². The first-order chi connectivity index (χ1) is 7.68. The summed E-state index contributed by atoms with van der Waals surface area (Å²) in [6, 6.07) is 5.51. The Labute approximate surface area is 105 Å². The number of piperidine rings is 1. The van der Waals surface area contributed by atoms with E-state index in [4.69, 9.17) is 0 Å². The zero-order chi connectivity index (χ0) is 11.5. The van der Waals surface area contributed by atoms with E-state index in [1.54, 1.807) is 12.3 Å². The van der Waals surface area contributed by atoms with Crippen molar-refractivity contribution >= 4 is 22.6 Å². The van der Waals surface area contributed by atoms with E-state index in [0.29, 0.717) is 10.5 Å². The fourth-order valence-corrected chi connectivity index (χ4v) is 2.79. The minimum atomic E-state index is 0.138. The first kappa shape index (κ1) is 11.8. The van der Waals surface area contributed by atoms with E-state index >= 15 is 0 Å². The number of rotatable bonds is 2. The molecule has 2 unspecified atom stereocenters. The van der Waals surface area contributed by atoms with Gasteiger partial charge in [-0.3, -0.25) is 0 Å². The molecule has 1 saturated heterocycles. The molecule has 84 valence electrons. The zero-order valence-corrected chi connectivity index (χ0v) is 11.2. The SMILES string of the molecule is CN1CCC(C(=O)c2ccccn2)CC1[As]. The molecule has 2 rings (SSSR count). The number of likely N-dealkylation sites (tertiary alicyclic amines) is 1. The summed E-state index contributed by atoms with van der Waals surface area (Å²) in [4.78, 5) is 19.0. The van der Waals surface area contributed by atoms with Crippen molar-refractivity contribution in [1.29, 1.82) is 0 Å². The summed E-state index contributed by atoms with van der Waals surface area (Å²) >= 11 is 2.65. The second-order valence-electron chi connectivity index (χ2n) is 4.26. The first-order valence-corrected chi connectivity index (χ1v) is 6.60. The number of hydrogen-bond acceptors (Lipinski definition) is 3. The first-order valence-electron chi connectivity index (χ1n) is 5.52. The molecule has 3 nitrogen and oxygen atoms in total. The van der Waals surface area contributed by atoms with Crippen LogP contribution < -0.4 is 0 Å². The van der Waals surface area contributed by atoms with Crippen molar-refractivity contribution < 1.29 is 4.79 Å². The van der Waals surface area contributed by atoms with E-state index in [1.165, 1.54) is 0 Å². The van der Waals surface area contributed by atoms with Crippen LogP contribution >= 0.6 is 0 Å². The summed E-state index contributed by atoms with van der Waals surface area (Å²) in [7, 11) is 2.10. The van der Waals surface area contributed by atoms with Crippen LogP contribution in [0.3, 0.4) is 0 Å². The van der Waals surface area contributed by atoms with Gasteiger partial charge in [0.25, 0.3) is 0 Å². The van der Waals surface area contributed by atoms with Gasteiger partial charge < -0.3 is 0 Å². The number of nitrogens with zero attached hydrogens (tertiary/aromatic N) is 2. The van der Waals surface area contributed by atoms with Crippen LogP contribution in [-0.4, -0.2) is 50.9 Å². The molecule has 16 heavy (non-hydrogen) atoms. The van der Waals surface area contributed by atoms with Gasteiger partial charge >= 0.3 is 105 Å². The normalized spacial score (nSPS) is 26.6. The summed E-state index contributed by atoms with van der Waals surface area (Å²) in [5, 5.41) is 0. The van der Waals surface area contributed by atoms with Crippen LogP contribution in [0.4, 0.5) is 0 Å². The Kier molecular flexibility index (Phi) is 3.77. The number of carbonyl (C=O) groups excluding carboxylic acids is 1. The third-order valence-electron chi connectivity index (χ3n) is 3.12. The Morgan fingerprint density at radius 2 is 2.38 bits per heavy atom. The molecule has 1 aliphatic rings. The molecule has 2 radical (unpaired) electrons. The van der Waals surface area contributed by atoms with Crippen molar-refractivity contribution in [2.24, 2.45) is 5.92 Å². The van der Waals surface area contributed by atoms with Crippen molar-refractivity contribution in [2.45, 2.75) is 17.7 Å². The number of ketones is 1. The van der Waals surface area contributed by atoms with Crippen LogP contribution in [0.5, 0.6) is 0 Å². The van der Waals surface area contributed by atoms with E-state index < -0.39 is 0 Å². The van der Waals surface area contributed by atoms with Gasteiger partial charge in [-0.2, -0.15) is 0 Å². The molecule has 1 aromatic rings. The Bertz CT molecular complexity index is 369. The minimum absolute atomic E-state index is 0.138. The van der Waals surface area contributed by atoms with Gasteiger partial charge in [0, 0.05) is 0 Å². The summed E-state index contributed by atoms with van der Waals surface area (Å²) in [5.74, 6) is 0.337. The third-order valence-corrected chi connectivity index (χ3v) is 4.39. The monoisotopic (exact) mass is 278 g/mol. The van der Waals surface area contributed by atoms with Crippen LogP contribution in [0.1, 0.15) is 23.3 Å². The zero-order valence-electron chi connectivity index (χ0n) is 9.34. The maximum atomic E-state index is 12.2. The fraction of sp³-hybridized carbons (Fsp3) is 0.500. The number of aromatic nitrogens is 1. The molecule has 2 heterocycles. The molecule has 0 saturated carbocycles. The molecule has 1 fully saturated rings. The number of hydrogen-bond donors (Lipinski definition) is 0. The topological polar surface area (TPSA) is 33.2 Å². The molecular weight excluding hydrogens is 263 g/mol. The predicted molar refractivity (Wildman–Crippen MR) is 63.5 cm³/mol. The molecule has 0 aliphatic carbocycles.